The number of benzene rings is 2. The summed E-state index contributed by atoms with van der Waals surface area (Å²) in [5.41, 5.74) is -0.274. The molecule has 0 radical (unpaired) electrons. The van der Waals surface area contributed by atoms with Crippen LogP contribution in [-0.4, -0.2) is 16.1 Å². The monoisotopic (exact) mass is 339 g/mol. The lowest BCUT2D eigenvalue weighted by Crippen LogP contribution is -2.21. The second-order valence-corrected chi connectivity index (χ2v) is 7.29. The molecule has 5 nitrogen and oxygen atoms in total. The molecular formula is C18H14NO4P. The molecule has 0 atom stereocenters. The van der Waals surface area contributed by atoms with Crippen LogP contribution < -0.4 is 10.6 Å². The Morgan fingerprint density at radius 2 is 1.42 bits per heavy atom. The van der Waals surface area contributed by atoms with Crippen molar-refractivity contribution in [3.63, 3.8) is 0 Å². The SMILES string of the molecule is O=C(OP(=O)(c1ccccc1)c1ccccc1)c1ncccc1O. The molecule has 3 aromatic rings. The number of rotatable bonds is 4. The van der Waals surface area contributed by atoms with Gasteiger partial charge in [0.25, 0.3) is 0 Å². The van der Waals surface area contributed by atoms with Crippen LogP contribution in [0.4, 0.5) is 0 Å². The summed E-state index contributed by atoms with van der Waals surface area (Å²) in [7, 11) is -3.67. The first-order chi connectivity index (χ1) is 11.6. The maximum Gasteiger partial charge on any atom is 0.366 e. The Balaban J connectivity index is 2.06. The van der Waals surface area contributed by atoms with E-state index in [0.29, 0.717) is 10.6 Å². The molecule has 0 fully saturated rings. The molecule has 6 heteroatoms. The molecule has 3 rings (SSSR count). The van der Waals surface area contributed by atoms with Crippen molar-refractivity contribution in [2.45, 2.75) is 0 Å². The first-order valence-electron chi connectivity index (χ1n) is 7.20. The molecule has 0 spiro atoms. The lowest BCUT2D eigenvalue weighted by atomic mass is 10.3. The summed E-state index contributed by atoms with van der Waals surface area (Å²) >= 11 is 0. The van der Waals surface area contributed by atoms with Crippen molar-refractivity contribution in [2.75, 3.05) is 0 Å². The zero-order valence-corrected chi connectivity index (χ0v) is 13.5. The topological polar surface area (TPSA) is 76.5 Å². The number of hydrogen-bond donors (Lipinski definition) is 1. The molecular weight excluding hydrogens is 325 g/mol. The van der Waals surface area contributed by atoms with Crippen molar-refractivity contribution in [1.82, 2.24) is 4.98 Å². The van der Waals surface area contributed by atoms with Crippen LogP contribution in [0.5, 0.6) is 5.75 Å². The fourth-order valence-corrected chi connectivity index (χ4v) is 4.18. The summed E-state index contributed by atoms with van der Waals surface area (Å²) in [6.07, 6.45) is 1.35. The Bertz CT molecular complexity index is 854. The number of nitrogens with zero attached hydrogens (tertiary/aromatic N) is 1. The van der Waals surface area contributed by atoms with Crippen molar-refractivity contribution in [3.8, 4) is 5.75 Å². The Kier molecular flexibility index (Phi) is 4.45. The summed E-state index contributed by atoms with van der Waals surface area (Å²) in [5.74, 6) is -1.26. The van der Waals surface area contributed by atoms with E-state index in [1.165, 1.54) is 18.3 Å². The molecule has 120 valence electrons. The highest BCUT2D eigenvalue weighted by molar-refractivity contribution is 7.74. The van der Waals surface area contributed by atoms with Gasteiger partial charge in [-0.2, -0.15) is 0 Å². The molecule has 1 N–H and O–H groups in total. The van der Waals surface area contributed by atoms with Crippen LogP contribution in [0.2, 0.25) is 0 Å². The van der Waals surface area contributed by atoms with Gasteiger partial charge in [0.05, 0.1) is 10.6 Å². The zero-order valence-electron chi connectivity index (χ0n) is 12.6. The highest BCUT2D eigenvalue weighted by Gasteiger charge is 2.33. The van der Waals surface area contributed by atoms with Gasteiger partial charge in [0.2, 0.25) is 0 Å². The Morgan fingerprint density at radius 1 is 0.875 bits per heavy atom. The van der Waals surface area contributed by atoms with Crippen LogP contribution in [0.15, 0.2) is 79.0 Å². The van der Waals surface area contributed by atoms with Crippen LogP contribution in [0.25, 0.3) is 0 Å². The van der Waals surface area contributed by atoms with Crippen molar-refractivity contribution in [2.24, 2.45) is 0 Å². The molecule has 1 heterocycles. The van der Waals surface area contributed by atoms with E-state index in [2.05, 4.69) is 4.98 Å². The molecule has 2 aromatic carbocycles. The highest BCUT2D eigenvalue weighted by atomic mass is 31.2. The van der Waals surface area contributed by atoms with Gasteiger partial charge in [0, 0.05) is 6.20 Å². The van der Waals surface area contributed by atoms with Crippen molar-refractivity contribution in [3.05, 3.63) is 84.7 Å². The standard InChI is InChI=1S/C18H14NO4P/c20-16-12-7-13-19-17(16)18(21)23-24(22,14-8-3-1-4-9-14)15-10-5-2-6-11-15/h1-13,20H. The Morgan fingerprint density at radius 3 is 1.92 bits per heavy atom. The van der Waals surface area contributed by atoms with E-state index < -0.39 is 13.3 Å². The molecule has 0 saturated heterocycles. The second kappa shape index (κ2) is 6.69. The van der Waals surface area contributed by atoms with Crippen LogP contribution in [0, 0.1) is 0 Å². The minimum absolute atomic E-state index is 0.274. The Labute approximate surface area is 139 Å². The lowest BCUT2D eigenvalue weighted by molar-refractivity contribution is 0.0737. The highest BCUT2D eigenvalue weighted by Crippen LogP contribution is 2.45. The average molecular weight is 339 g/mol. The van der Waals surface area contributed by atoms with Crippen LogP contribution >= 0.6 is 7.37 Å². The number of aromatic hydroxyl groups is 1. The van der Waals surface area contributed by atoms with Gasteiger partial charge in [-0.05, 0) is 36.4 Å². The first kappa shape index (κ1) is 16.0. The molecule has 0 aliphatic carbocycles. The maximum atomic E-state index is 13.6. The smallest absolute Gasteiger partial charge is 0.366 e. The number of carbonyl (C=O) groups excluding carboxylic acids is 1. The fourth-order valence-electron chi connectivity index (χ4n) is 2.22. The first-order valence-corrected chi connectivity index (χ1v) is 8.83. The molecule has 0 aliphatic rings. The van der Waals surface area contributed by atoms with E-state index in [-0.39, 0.29) is 11.4 Å². The number of aromatic nitrogens is 1. The predicted molar refractivity (Wildman–Crippen MR) is 91.1 cm³/mol. The van der Waals surface area contributed by atoms with Gasteiger partial charge < -0.3 is 9.63 Å². The summed E-state index contributed by atoms with van der Waals surface area (Å²) in [6, 6.07) is 19.8. The van der Waals surface area contributed by atoms with E-state index in [4.69, 9.17) is 4.52 Å². The average Bonchev–Trinajstić information content (AvgIpc) is 2.63. The largest absolute Gasteiger partial charge is 0.505 e. The van der Waals surface area contributed by atoms with Gasteiger partial charge >= 0.3 is 13.3 Å². The van der Waals surface area contributed by atoms with Crippen LogP contribution in [0.1, 0.15) is 10.5 Å². The summed E-state index contributed by atoms with van der Waals surface area (Å²) in [6.45, 7) is 0. The predicted octanol–water partition coefficient (Wildman–Crippen LogP) is 2.87. The van der Waals surface area contributed by atoms with Gasteiger partial charge in [0.1, 0.15) is 5.75 Å². The van der Waals surface area contributed by atoms with Gasteiger partial charge in [-0.3, -0.25) is 4.57 Å². The van der Waals surface area contributed by atoms with E-state index >= 15 is 0 Å². The van der Waals surface area contributed by atoms with Crippen molar-refractivity contribution < 1.29 is 19.0 Å². The Hall–Kier alpha value is -2.91. The van der Waals surface area contributed by atoms with E-state index in [9.17, 15) is 14.5 Å². The van der Waals surface area contributed by atoms with Crippen molar-refractivity contribution in [1.29, 1.82) is 0 Å². The second-order valence-electron chi connectivity index (χ2n) is 4.97. The van der Waals surface area contributed by atoms with E-state index in [1.807, 2.05) is 0 Å². The zero-order chi connectivity index (χ0) is 17.0. The third-order valence-corrected chi connectivity index (χ3v) is 5.76. The van der Waals surface area contributed by atoms with E-state index in [1.54, 1.807) is 60.7 Å². The minimum Gasteiger partial charge on any atom is -0.505 e. The van der Waals surface area contributed by atoms with Gasteiger partial charge in [0.15, 0.2) is 5.69 Å². The fraction of sp³-hybridized carbons (Fsp3) is 0. The molecule has 0 saturated carbocycles. The molecule has 24 heavy (non-hydrogen) atoms. The van der Waals surface area contributed by atoms with Gasteiger partial charge in [-0.1, -0.05) is 36.4 Å². The molecule has 0 unspecified atom stereocenters. The quantitative estimate of drug-likeness (QED) is 0.740. The van der Waals surface area contributed by atoms with Gasteiger partial charge in [-0.15, -0.1) is 0 Å². The normalized spacial score (nSPS) is 11.0. The van der Waals surface area contributed by atoms with Crippen molar-refractivity contribution >= 4 is 23.9 Å². The third-order valence-electron chi connectivity index (χ3n) is 3.38. The molecule has 1 aromatic heterocycles. The number of hydrogen-bond acceptors (Lipinski definition) is 5. The van der Waals surface area contributed by atoms with Crippen LogP contribution in [0.3, 0.4) is 0 Å². The number of carbonyl (C=O) groups is 1. The summed E-state index contributed by atoms with van der Waals surface area (Å²) in [4.78, 5) is 16.2. The molecule has 0 bridgehead atoms. The maximum absolute atomic E-state index is 13.6. The molecule has 0 amide bonds. The molecule has 0 aliphatic heterocycles. The third kappa shape index (κ3) is 3.07. The lowest BCUT2D eigenvalue weighted by Gasteiger charge is -2.19. The van der Waals surface area contributed by atoms with E-state index in [0.717, 1.165) is 0 Å². The van der Waals surface area contributed by atoms with Gasteiger partial charge in [-0.25, -0.2) is 9.78 Å². The summed E-state index contributed by atoms with van der Waals surface area (Å²) in [5, 5.41) is 10.5. The number of pyridine rings is 1. The summed E-state index contributed by atoms with van der Waals surface area (Å²) < 4.78 is 18.9. The van der Waals surface area contributed by atoms with Crippen LogP contribution in [-0.2, 0) is 9.09 Å². The minimum atomic E-state index is -3.67.